The summed E-state index contributed by atoms with van der Waals surface area (Å²) in [6.45, 7) is 3.84. The number of hydrogen-bond donors (Lipinski definition) is 0. The summed E-state index contributed by atoms with van der Waals surface area (Å²) in [5.41, 5.74) is 0. The van der Waals surface area contributed by atoms with E-state index in [2.05, 4.69) is 25.0 Å². The Morgan fingerprint density at radius 2 is 2.39 bits per heavy atom. The van der Waals surface area contributed by atoms with Crippen molar-refractivity contribution in [1.82, 2.24) is 20.1 Å². The lowest BCUT2D eigenvalue weighted by Gasteiger charge is -2.31. The van der Waals surface area contributed by atoms with Gasteiger partial charge in [-0.25, -0.2) is 9.97 Å². The molecule has 7 heteroatoms. The quantitative estimate of drug-likeness (QED) is 0.774. The fourth-order valence-corrected chi connectivity index (χ4v) is 1.92. The van der Waals surface area contributed by atoms with Crippen molar-refractivity contribution in [2.24, 2.45) is 0 Å². The Labute approximate surface area is 104 Å². The highest BCUT2D eigenvalue weighted by Crippen LogP contribution is 2.23. The molecule has 2 aromatic heterocycles. The van der Waals surface area contributed by atoms with Crippen LogP contribution >= 0.6 is 0 Å². The Kier molecular flexibility index (Phi) is 2.89. The molecular formula is C11H13N5O2. The summed E-state index contributed by atoms with van der Waals surface area (Å²) in [7, 11) is 0. The second-order valence-electron chi connectivity index (χ2n) is 4.05. The molecule has 0 radical (unpaired) electrons. The molecule has 0 spiro atoms. The maximum atomic E-state index is 5.65. The summed E-state index contributed by atoms with van der Waals surface area (Å²) < 4.78 is 10.8. The summed E-state index contributed by atoms with van der Waals surface area (Å²) in [5.74, 6) is 2.02. The Balaban J connectivity index is 1.76. The van der Waals surface area contributed by atoms with Crippen LogP contribution in [0.3, 0.4) is 0 Å². The van der Waals surface area contributed by atoms with Gasteiger partial charge in [-0.1, -0.05) is 5.16 Å². The number of aryl methyl sites for hydroxylation is 1. The Morgan fingerprint density at radius 1 is 1.44 bits per heavy atom. The van der Waals surface area contributed by atoms with Gasteiger partial charge in [0.15, 0.2) is 11.9 Å². The first-order valence-electron chi connectivity index (χ1n) is 5.76. The van der Waals surface area contributed by atoms with E-state index in [0.29, 0.717) is 24.9 Å². The van der Waals surface area contributed by atoms with Gasteiger partial charge in [0, 0.05) is 12.7 Å². The first-order valence-corrected chi connectivity index (χ1v) is 5.76. The molecule has 2 aromatic rings. The largest absolute Gasteiger partial charge is 0.365 e. The summed E-state index contributed by atoms with van der Waals surface area (Å²) in [6, 6.07) is 1.88. The van der Waals surface area contributed by atoms with Crippen LogP contribution in [0.1, 0.15) is 17.8 Å². The summed E-state index contributed by atoms with van der Waals surface area (Å²) >= 11 is 0. The smallest absolute Gasteiger partial charge is 0.257 e. The molecule has 1 atom stereocenters. The van der Waals surface area contributed by atoms with Crippen LogP contribution in [-0.4, -0.2) is 39.8 Å². The lowest BCUT2D eigenvalue weighted by molar-refractivity contribution is 0.0184. The van der Waals surface area contributed by atoms with Crippen molar-refractivity contribution in [1.29, 1.82) is 0 Å². The lowest BCUT2D eigenvalue weighted by Crippen LogP contribution is -2.39. The average Bonchev–Trinajstić information content (AvgIpc) is 2.87. The Bertz CT molecular complexity index is 515. The first-order chi connectivity index (χ1) is 8.83. The molecule has 0 aromatic carbocycles. The van der Waals surface area contributed by atoms with E-state index in [1.54, 1.807) is 13.1 Å². The maximum Gasteiger partial charge on any atom is 0.257 e. The third-order valence-corrected chi connectivity index (χ3v) is 2.78. The molecule has 1 saturated heterocycles. The number of aromatic nitrogens is 4. The van der Waals surface area contributed by atoms with E-state index in [-0.39, 0.29) is 6.10 Å². The lowest BCUT2D eigenvalue weighted by atomic mass is 10.2. The van der Waals surface area contributed by atoms with Crippen LogP contribution < -0.4 is 4.90 Å². The van der Waals surface area contributed by atoms with Crippen molar-refractivity contribution in [3.05, 3.63) is 30.3 Å². The SMILES string of the molecule is Cc1noc(C2CN(c3ccncn3)CCO2)n1. The highest BCUT2D eigenvalue weighted by molar-refractivity contribution is 5.37. The zero-order valence-corrected chi connectivity index (χ0v) is 9.98. The summed E-state index contributed by atoms with van der Waals surface area (Å²) in [5, 5.41) is 3.78. The zero-order chi connectivity index (χ0) is 12.4. The molecule has 7 nitrogen and oxygen atoms in total. The minimum atomic E-state index is -0.199. The van der Waals surface area contributed by atoms with Crippen LogP contribution in [0.5, 0.6) is 0 Å². The molecule has 94 valence electrons. The van der Waals surface area contributed by atoms with E-state index in [9.17, 15) is 0 Å². The molecule has 18 heavy (non-hydrogen) atoms. The molecule has 3 heterocycles. The van der Waals surface area contributed by atoms with Crippen molar-refractivity contribution < 1.29 is 9.26 Å². The highest BCUT2D eigenvalue weighted by Gasteiger charge is 2.27. The van der Waals surface area contributed by atoms with Crippen LogP contribution in [0.15, 0.2) is 23.1 Å². The number of hydrogen-bond acceptors (Lipinski definition) is 7. The number of rotatable bonds is 2. The van der Waals surface area contributed by atoms with E-state index in [1.165, 1.54) is 6.33 Å². The van der Waals surface area contributed by atoms with Crippen molar-refractivity contribution >= 4 is 5.82 Å². The minimum Gasteiger partial charge on any atom is -0.365 e. The fourth-order valence-electron chi connectivity index (χ4n) is 1.92. The van der Waals surface area contributed by atoms with Gasteiger partial charge in [-0.15, -0.1) is 0 Å². The molecule has 0 bridgehead atoms. The normalized spacial score (nSPS) is 20.1. The third kappa shape index (κ3) is 2.17. The average molecular weight is 247 g/mol. The molecule has 1 unspecified atom stereocenters. The summed E-state index contributed by atoms with van der Waals surface area (Å²) in [4.78, 5) is 14.5. The predicted molar refractivity (Wildman–Crippen MR) is 62.0 cm³/mol. The summed E-state index contributed by atoms with van der Waals surface area (Å²) in [6.07, 6.45) is 3.07. The van der Waals surface area contributed by atoms with Crippen LogP contribution in [0.25, 0.3) is 0 Å². The predicted octanol–water partition coefficient (Wildman–Crippen LogP) is 0.746. The van der Waals surface area contributed by atoms with Crippen molar-refractivity contribution in [2.45, 2.75) is 13.0 Å². The van der Waals surface area contributed by atoms with Gasteiger partial charge in [-0.05, 0) is 13.0 Å². The standard InChI is InChI=1S/C11H13N5O2/c1-8-14-11(18-15-8)9-6-16(4-5-17-9)10-2-3-12-7-13-10/h2-3,7,9H,4-6H2,1H3. The van der Waals surface area contributed by atoms with E-state index in [4.69, 9.17) is 9.26 Å². The van der Waals surface area contributed by atoms with E-state index in [1.807, 2.05) is 6.07 Å². The van der Waals surface area contributed by atoms with Gasteiger partial charge in [0.1, 0.15) is 12.1 Å². The van der Waals surface area contributed by atoms with E-state index >= 15 is 0 Å². The molecule has 3 rings (SSSR count). The second kappa shape index (κ2) is 4.69. The van der Waals surface area contributed by atoms with Gasteiger partial charge >= 0.3 is 0 Å². The van der Waals surface area contributed by atoms with Gasteiger partial charge in [0.05, 0.1) is 13.2 Å². The number of ether oxygens (including phenoxy) is 1. The Hall–Kier alpha value is -2.02. The number of nitrogens with zero attached hydrogens (tertiary/aromatic N) is 5. The molecule has 0 N–H and O–H groups in total. The molecule has 0 amide bonds. The monoisotopic (exact) mass is 247 g/mol. The van der Waals surface area contributed by atoms with Crippen LogP contribution in [0.4, 0.5) is 5.82 Å². The van der Waals surface area contributed by atoms with Gasteiger partial charge in [0.25, 0.3) is 5.89 Å². The van der Waals surface area contributed by atoms with Gasteiger partial charge in [0.2, 0.25) is 0 Å². The fraction of sp³-hybridized carbons (Fsp3) is 0.455. The maximum absolute atomic E-state index is 5.65. The minimum absolute atomic E-state index is 0.199. The second-order valence-corrected chi connectivity index (χ2v) is 4.05. The van der Waals surface area contributed by atoms with Crippen molar-refractivity contribution in [3.8, 4) is 0 Å². The zero-order valence-electron chi connectivity index (χ0n) is 9.98. The Morgan fingerprint density at radius 3 is 3.11 bits per heavy atom. The number of morpholine rings is 1. The molecule has 0 aliphatic carbocycles. The first kappa shape index (κ1) is 11.1. The molecular weight excluding hydrogens is 234 g/mol. The molecule has 0 saturated carbocycles. The van der Waals surface area contributed by atoms with E-state index in [0.717, 1.165) is 12.4 Å². The van der Waals surface area contributed by atoms with Crippen molar-refractivity contribution in [2.75, 3.05) is 24.6 Å². The molecule has 1 aliphatic rings. The van der Waals surface area contributed by atoms with Crippen LogP contribution in [0.2, 0.25) is 0 Å². The molecule has 1 aliphatic heterocycles. The molecule has 1 fully saturated rings. The van der Waals surface area contributed by atoms with E-state index < -0.39 is 0 Å². The van der Waals surface area contributed by atoms with Crippen LogP contribution in [-0.2, 0) is 4.74 Å². The van der Waals surface area contributed by atoms with Gasteiger partial charge in [-0.3, -0.25) is 0 Å². The van der Waals surface area contributed by atoms with Crippen LogP contribution in [0, 0.1) is 6.92 Å². The van der Waals surface area contributed by atoms with Crippen molar-refractivity contribution in [3.63, 3.8) is 0 Å². The highest BCUT2D eigenvalue weighted by atomic mass is 16.5. The van der Waals surface area contributed by atoms with Gasteiger partial charge in [-0.2, -0.15) is 4.98 Å². The number of anilines is 1. The van der Waals surface area contributed by atoms with Gasteiger partial charge < -0.3 is 14.2 Å². The topological polar surface area (TPSA) is 77.2 Å². The third-order valence-electron chi connectivity index (χ3n) is 2.78.